The average Bonchev–Trinajstić information content (AvgIpc) is 3.19. The number of hydrogen-bond acceptors (Lipinski definition) is 6. The molecule has 9 heteroatoms. The molecule has 0 atom stereocenters. The Kier molecular flexibility index (Phi) is 13.5. The Labute approximate surface area is 335 Å². The van der Waals surface area contributed by atoms with E-state index in [0.29, 0.717) is 65.2 Å². The van der Waals surface area contributed by atoms with Crippen LogP contribution in [0, 0.1) is 6.92 Å². The van der Waals surface area contributed by atoms with E-state index in [1.165, 1.54) is 16.7 Å². The van der Waals surface area contributed by atoms with Gasteiger partial charge in [-0.25, -0.2) is 4.98 Å². The first-order chi connectivity index (χ1) is 26.5. The molecule has 55 heavy (non-hydrogen) atoms. The predicted molar refractivity (Wildman–Crippen MR) is 223 cm³/mol. The Morgan fingerprint density at radius 1 is 0.800 bits per heavy atom. The van der Waals surface area contributed by atoms with Crippen LogP contribution in [0.2, 0.25) is 10.0 Å². The molecule has 1 aliphatic rings. The van der Waals surface area contributed by atoms with Crippen molar-refractivity contribution in [3.8, 4) is 23.1 Å². The third-order valence-corrected chi connectivity index (χ3v) is 10.8. The molecular weight excluding hydrogens is 729 g/mol. The second-order valence-electron chi connectivity index (χ2n) is 14.4. The lowest BCUT2D eigenvalue weighted by Gasteiger charge is -2.35. The minimum absolute atomic E-state index is 0.0507. The summed E-state index contributed by atoms with van der Waals surface area (Å²) in [5.41, 5.74) is 8.05. The van der Waals surface area contributed by atoms with Gasteiger partial charge < -0.3 is 19.1 Å². The van der Waals surface area contributed by atoms with Crippen molar-refractivity contribution in [1.29, 1.82) is 0 Å². The number of amides is 1. The first kappa shape index (κ1) is 39.9. The van der Waals surface area contributed by atoms with Crippen LogP contribution in [0.15, 0.2) is 109 Å². The van der Waals surface area contributed by atoms with E-state index in [-0.39, 0.29) is 5.91 Å². The third-order valence-electron chi connectivity index (χ3n) is 10.1. The number of aryl methyl sites for hydroxylation is 1. The second-order valence-corrected chi connectivity index (χ2v) is 15.2. The minimum atomic E-state index is 0.0507. The first-order valence-electron chi connectivity index (χ1n) is 18.8. The molecule has 1 aromatic heterocycles. The lowest BCUT2D eigenvalue weighted by molar-refractivity contribution is -0.128. The molecule has 0 N–H and O–H groups in total. The summed E-state index contributed by atoms with van der Waals surface area (Å²) in [4.78, 5) is 22.4. The number of nitrogens with zero attached hydrogens (tertiary/aromatic N) is 3. The third kappa shape index (κ3) is 10.7. The van der Waals surface area contributed by atoms with Gasteiger partial charge in [-0.05, 0) is 96.5 Å². The van der Waals surface area contributed by atoms with Crippen molar-refractivity contribution >= 4 is 34.7 Å². The molecule has 1 fully saturated rings. The zero-order valence-corrected chi connectivity index (χ0v) is 33.8. The fourth-order valence-electron chi connectivity index (χ4n) is 6.50. The number of carbonyl (C=O) groups is 1. The molecule has 7 nitrogen and oxygen atoms in total. The van der Waals surface area contributed by atoms with E-state index in [4.69, 9.17) is 37.4 Å². The Bertz CT molecular complexity index is 2070. The molecule has 1 saturated heterocycles. The molecule has 1 aliphatic heterocycles. The standard InChI is InChI=1S/C46H49Cl2N3O4/c1-31(2)37-14-16-40(17-15-37)53-25-20-35-10-12-36(13-11-35)29-50-21-23-51(24-22-50)46(52)34(5)33(4)39-26-32(3)45(43(48)27-39)55-44-19-18-41(28-49-44)54-30-38-8-6-7-9-42(38)47/h6-19,26-28,31H,20-25,29-30H2,1-5H3/b34-33-. The van der Waals surface area contributed by atoms with Gasteiger partial charge in [-0.15, -0.1) is 0 Å². The number of ether oxygens (including phenoxy) is 3. The number of benzene rings is 4. The topological polar surface area (TPSA) is 64.1 Å². The number of allylic oxidation sites excluding steroid dienone is 1. The van der Waals surface area contributed by atoms with Crippen LogP contribution in [-0.4, -0.2) is 53.5 Å². The van der Waals surface area contributed by atoms with Crippen molar-refractivity contribution in [2.45, 2.75) is 60.1 Å². The summed E-state index contributed by atoms with van der Waals surface area (Å²) < 4.78 is 17.9. The highest BCUT2D eigenvalue weighted by Crippen LogP contribution is 2.36. The molecule has 4 aromatic carbocycles. The van der Waals surface area contributed by atoms with Gasteiger partial charge in [-0.3, -0.25) is 9.69 Å². The van der Waals surface area contributed by atoms with Gasteiger partial charge in [0.15, 0.2) is 5.75 Å². The van der Waals surface area contributed by atoms with Crippen molar-refractivity contribution in [3.05, 3.63) is 152 Å². The molecule has 2 heterocycles. The van der Waals surface area contributed by atoms with E-state index >= 15 is 0 Å². The number of rotatable bonds is 14. The summed E-state index contributed by atoms with van der Waals surface area (Å²) in [5, 5.41) is 1.10. The minimum Gasteiger partial charge on any atom is -0.493 e. The molecule has 5 aromatic rings. The summed E-state index contributed by atoms with van der Waals surface area (Å²) in [5.74, 6) is 2.98. The SMILES string of the molecule is C/C(C(=O)N1CCN(Cc2ccc(CCOc3ccc(C(C)C)cc3)cc2)CC1)=C(\C)c1cc(C)c(Oc2ccc(OCc3ccccc3Cl)cn2)c(Cl)c1. The molecule has 0 unspecified atom stereocenters. The Morgan fingerprint density at radius 3 is 2.15 bits per heavy atom. The fraction of sp³-hybridized carbons (Fsp3) is 0.304. The highest BCUT2D eigenvalue weighted by molar-refractivity contribution is 6.32. The van der Waals surface area contributed by atoms with Crippen molar-refractivity contribution in [3.63, 3.8) is 0 Å². The lowest BCUT2D eigenvalue weighted by atomic mass is 9.99. The largest absolute Gasteiger partial charge is 0.493 e. The zero-order chi connectivity index (χ0) is 38.9. The second kappa shape index (κ2) is 18.7. The van der Waals surface area contributed by atoms with Crippen molar-refractivity contribution in [2.24, 2.45) is 0 Å². The van der Waals surface area contributed by atoms with Crippen LogP contribution in [0.4, 0.5) is 0 Å². The van der Waals surface area contributed by atoms with Crippen LogP contribution in [0.1, 0.15) is 67.0 Å². The molecule has 0 aliphatic carbocycles. The maximum Gasteiger partial charge on any atom is 0.249 e. The van der Waals surface area contributed by atoms with Gasteiger partial charge in [0.1, 0.15) is 18.1 Å². The van der Waals surface area contributed by atoms with Crippen LogP contribution < -0.4 is 14.2 Å². The molecule has 1 amide bonds. The summed E-state index contributed by atoms with van der Waals surface area (Å²) in [6.07, 6.45) is 2.47. The van der Waals surface area contributed by atoms with Gasteiger partial charge >= 0.3 is 0 Å². The molecule has 0 spiro atoms. The van der Waals surface area contributed by atoms with Crippen molar-refractivity contribution < 1.29 is 19.0 Å². The molecule has 0 radical (unpaired) electrons. The molecule has 0 bridgehead atoms. The number of aromatic nitrogens is 1. The average molecular weight is 779 g/mol. The van der Waals surface area contributed by atoms with Crippen LogP contribution in [-0.2, 0) is 24.4 Å². The number of pyridine rings is 1. The molecule has 0 saturated carbocycles. The lowest BCUT2D eigenvalue weighted by Crippen LogP contribution is -2.48. The van der Waals surface area contributed by atoms with Gasteiger partial charge in [0.25, 0.3) is 0 Å². The summed E-state index contributed by atoms with van der Waals surface area (Å²) in [6.45, 7) is 15.0. The van der Waals surface area contributed by atoms with Crippen LogP contribution >= 0.6 is 23.2 Å². The Morgan fingerprint density at radius 2 is 1.49 bits per heavy atom. The number of hydrogen-bond donors (Lipinski definition) is 0. The van der Waals surface area contributed by atoms with Crippen molar-refractivity contribution in [1.82, 2.24) is 14.8 Å². The summed E-state index contributed by atoms with van der Waals surface area (Å²) >= 11 is 13.0. The van der Waals surface area contributed by atoms with E-state index < -0.39 is 0 Å². The van der Waals surface area contributed by atoms with Crippen LogP contribution in [0.3, 0.4) is 0 Å². The first-order valence-corrected chi connectivity index (χ1v) is 19.6. The number of halogens is 2. The fourth-order valence-corrected chi connectivity index (χ4v) is 6.99. The molecule has 286 valence electrons. The highest BCUT2D eigenvalue weighted by Gasteiger charge is 2.24. The van der Waals surface area contributed by atoms with Crippen LogP contribution in [0.5, 0.6) is 23.1 Å². The maximum absolute atomic E-state index is 13.6. The Hall–Kier alpha value is -4.82. The van der Waals surface area contributed by atoms with Crippen molar-refractivity contribution in [2.75, 3.05) is 32.8 Å². The monoisotopic (exact) mass is 777 g/mol. The molecule has 6 rings (SSSR count). The highest BCUT2D eigenvalue weighted by atomic mass is 35.5. The van der Waals surface area contributed by atoms with E-state index in [9.17, 15) is 4.79 Å². The smallest absolute Gasteiger partial charge is 0.249 e. The predicted octanol–water partition coefficient (Wildman–Crippen LogP) is 11.0. The number of piperazine rings is 1. The maximum atomic E-state index is 13.6. The van der Waals surface area contributed by atoms with E-state index in [0.717, 1.165) is 54.1 Å². The van der Waals surface area contributed by atoms with Gasteiger partial charge in [-0.1, -0.05) is 91.6 Å². The van der Waals surface area contributed by atoms with E-state index in [1.54, 1.807) is 18.3 Å². The van der Waals surface area contributed by atoms with Gasteiger partial charge in [0.05, 0.1) is 17.8 Å². The van der Waals surface area contributed by atoms with Crippen LogP contribution in [0.25, 0.3) is 5.57 Å². The quantitative estimate of drug-likeness (QED) is 0.105. The summed E-state index contributed by atoms with van der Waals surface area (Å²) in [6, 6.07) is 32.1. The van der Waals surface area contributed by atoms with Gasteiger partial charge in [0, 0.05) is 61.4 Å². The van der Waals surface area contributed by atoms with E-state index in [2.05, 4.69) is 72.3 Å². The zero-order valence-electron chi connectivity index (χ0n) is 32.3. The Balaban J connectivity index is 0.970. The van der Waals surface area contributed by atoms with E-state index in [1.807, 2.05) is 62.1 Å². The normalized spacial score (nSPS) is 13.8. The van der Waals surface area contributed by atoms with Gasteiger partial charge in [0.2, 0.25) is 11.8 Å². The molecular formula is C46H49Cl2N3O4. The summed E-state index contributed by atoms with van der Waals surface area (Å²) in [7, 11) is 0. The van der Waals surface area contributed by atoms with Gasteiger partial charge in [-0.2, -0.15) is 0 Å². The number of carbonyl (C=O) groups excluding carboxylic acids is 1.